The van der Waals surface area contributed by atoms with Crippen LogP contribution in [0.3, 0.4) is 0 Å². The second-order valence-electron chi connectivity index (χ2n) is 7.17. The zero-order chi connectivity index (χ0) is 22.1. The summed E-state index contributed by atoms with van der Waals surface area (Å²) in [6.07, 6.45) is -4.84. The fourth-order valence-corrected chi connectivity index (χ4v) is 5.18. The van der Waals surface area contributed by atoms with Crippen LogP contribution < -0.4 is 9.64 Å². The molecule has 1 aliphatic heterocycles. The minimum Gasteiger partial charge on any atom is -0.406 e. The number of benzene rings is 2. The SMILES string of the molecule is C[C@]12C(=O)N(c3cc(Cl)cc(Cl)c3)C(=O)[C@H]1[C@@]2(N=S)c1ccc(OC(F)(F)F)cc1. The summed E-state index contributed by atoms with van der Waals surface area (Å²) in [5.41, 5.74) is -2.06. The highest BCUT2D eigenvalue weighted by Crippen LogP contribution is 2.74. The fourth-order valence-electron chi connectivity index (χ4n) is 4.26. The monoisotopic (exact) mass is 474 g/mol. The second-order valence-corrected chi connectivity index (χ2v) is 8.23. The molecule has 0 bridgehead atoms. The van der Waals surface area contributed by atoms with E-state index in [1.165, 1.54) is 30.3 Å². The Kier molecular flexibility index (Phi) is 4.65. The molecule has 5 nitrogen and oxygen atoms in total. The number of carbonyl (C=O) groups is 2. The van der Waals surface area contributed by atoms with E-state index in [4.69, 9.17) is 35.6 Å². The number of piperidine rings is 1. The molecule has 11 heteroatoms. The summed E-state index contributed by atoms with van der Waals surface area (Å²) < 4.78 is 45.0. The zero-order valence-corrected chi connectivity index (χ0v) is 17.4. The van der Waals surface area contributed by atoms with Gasteiger partial charge in [-0.25, -0.2) is 9.26 Å². The number of fused-ring (bicyclic) bond motifs is 1. The van der Waals surface area contributed by atoms with Gasteiger partial charge in [-0.3, -0.25) is 9.59 Å². The molecule has 30 heavy (non-hydrogen) atoms. The Morgan fingerprint density at radius 3 is 2.10 bits per heavy atom. The van der Waals surface area contributed by atoms with Crippen LogP contribution in [0.4, 0.5) is 18.9 Å². The molecule has 1 aliphatic carbocycles. The number of imide groups is 1. The molecule has 0 unspecified atom stereocenters. The van der Waals surface area contributed by atoms with E-state index < -0.39 is 40.8 Å². The van der Waals surface area contributed by atoms with Crippen molar-refractivity contribution in [2.24, 2.45) is 15.7 Å². The maximum atomic E-state index is 13.2. The van der Waals surface area contributed by atoms with Crippen LogP contribution in [-0.2, 0) is 27.6 Å². The van der Waals surface area contributed by atoms with Gasteiger partial charge in [0.05, 0.1) is 17.0 Å². The highest BCUT2D eigenvalue weighted by Gasteiger charge is 2.87. The number of halogens is 5. The van der Waals surface area contributed by atoms with Gasteiger partial charge in [0.2, 0.25) is 11.8 Å². The summed E-state index contributed by atoms with van der Waals surface area (Å²) in [6.45, 7) is 1.56. The molecule has 0 radical (unpaired) electrons. The van der Waals surface area contributed by atoms with Gasteiger partial charge in [-0.15, -0.1) is 13.2 Å². The van der Waals surface area contributed by atoms with Crippen molar-refractivity contribution < 1.29 is 27.5 Å². The third-order valence-corrected chi connectivity index (χ3v) is 6.32. The molecule has 1 heterocycles. The van der Waals surface area contributed by atoms with Gasteiger partial charge in [-0.2, -0.15) is 0 Å². The number of hydrogen-bond donors (Lipinski definition) is 0. The maximum absolute atomic E-state index is 13.2. The standard InChI is InChI=1S/C19H11Cl2F3N2O3S/c1-17-14(15(27)26(16(17)28)12-7-10(20)6-11(21)8-12)18(17,25-30)9-2-4-13(5-3-9)29-19(22,23)24/h2-8,14H,1H3/t14-,17-,18+/m1/s1. The average Bonchev–Trinajstić information content (AvgIpc) is 3.14. The fraction of sp³-hybridized carbons (Fsp3) is 0.263. The van der Waals surface area contributed by atoms with Crippen LogP contribution in [-0.4, -0.2) is 18.2 Å². The zero-order valence-electron chi connectivity index (χ0n) is 15.0. The van der Waals surface area contributed by atoms with Crippen molar-refractivity contribution in [3.8, 4) is 5.75 Å². The van der Waals surface area contributed by atoms with E-state index in [1.54, 1.807) is 6.92 Å². The highest BCUT2D eigenvalue weighted by atomic mass is 35.5. The number of nitrogens with zero attached hydrogens (tertiary/aromatic N) is 2. The summed E-state index contributed by atoms with van der Waals surface area (Å²) in [6, 6.07) is 9.16. The summed E-state index contributed by atoms with van der Waals surface area (Å²) in [4.78, 5) is 27.4. The van der Waals surface area contributed by atoms with Crippen LogP contribution in [0.25, 0.3) is 0 Å². The smallest absolute Gasteiger partial charge is 0.406 e. The Morgan fingerprint density at radius 2 is 1.67 bits per heavy atom. The number of hydrogen-bond acceptors (Lipinski definition) is 5. The molecular formula is C19H11Cl2F3N2O3S. The van der Waals surface area contributed by atoms with Crippen molar-refractivity contribution in [1.29, 1.82) is 0 Å². The molecule has 1 saturated heterocycles. The normalized spacial score (nSPS) is 27.8. The Hall–Kier alpha value is -2.23. The first-order valence-electron chi connectivity index (χ1n) is 8.51. The lowest BCUT2D eigenvalue weighted by Crippen LogP contribution is -2.40. The predicted molar refractivity (Wildman–Crippen MR) is 105 cm³/mol. The van der Waals surface area contributed by atoms with E-state index in [1.807, 2.05) is 0 Å². The Balaban J connectivity index is 1.70. The first-order valence-corrected chi connectivity index (χ1v) is 9.63. The van der Waals surface area contributed by atoms with Crippen molar-refractivity contribution >= 4 is 53.1 Å². The molecule has 2 aromatic rings. The molecule has 2 amide bonds. The number of alkyl halides is 3. The van der Waals surface area contributed by atoms with Crippen molar-refractivity contribution in [2.45, 2.75) is 18.8 Å². The molecule has 4 rings (SSSR count). The van der Waals surface area contributed by atoms with Crippen LogP contribution in [0.15, 0.2) is 46.8 Å². The van der Waals surface area contributed by atoms with Crippen LogP contribution in [0.5, 0.6) is 5.75 Å². The number of amides is 2. The average molecular weight is 475 g/mol. The van der Waals surface area contributed by atoms with Crippen LogP contribution in [0.1, 0.15) is 12.5 Å². The lowest BCUT2D eigenvalue weighted by atomic mass is 9.93. The van der Waals surface area contributed by atoms with Crippen LogP contribution >= 0.6 is 23.2 Å². The first kappa shape index (κ1) is 21.0. The second kappa shape index (κ2) is 6.63. The topological polar surface area (TPSA) is 59.0 Å². The summed E-state index contributed by atoms with van der Waals surface area (Å²) in [5.74, 6) is -2.41. The molecular weight excluding hydrogens is 464 g/mol. The molecule has 1 saturated carbocycles. The van der Waals surface area contributed by atoms with Gasteiger partial charge in [-0.1, -0.05) is 35.3 Å². The van der Waals surface area contributed by atoms with Crippen LogP contribution in [0, 0.1) is 11.3 Å². The van der Waals surface area contributed by atoms with E-state index >= 15 is 0 Å². The van der Waals surface area contributed by atoms with Gasteiger partial charge in [0.25, 0.3) is 0 Å². The van der Waals surface area contributed by atoms with Gasteiger partial charge < -0.3 is 4.74 Å². The van der Waals surface area contributed by atoms with Crippen LogP contribution in [0.2, 0.25) is 10.0 Å². The summed E-state index contributed by atoms with van der Waals surface area (Å²) >= 11 is 16.9. The van der Waals surface area contributed by atoms with Crippen molar-refractivity contribution in [2.75, 3.05) is 4.90 Å². The maximum Gasteiger partial charge on any atom is 0.573 e. The third kappa shape index (κ3) is 2.83. The lowest BCUT2D eigenvalue weighted by Gasteiger charge is -2.25. The van der Waals surface area contributed by atoms with Gasteiger partial charge in [-0.05, 0) is 42.8 Å². The molecule has 2 aliphatic rings. The minimum atomic E-state index is -4.84. The number of ether oxygens (including phenoxy) is 1. The first-order chi connectivity index (χ1) is 14.0. The van der Waals surface area contributed by atoms with Crippen molar-refractivity contribution in [1.82, 2.24) is 0 Å². The van der Waals surface area contributed by atoms with Gasteiger partial charge >= 0.3 is 6.36 Å². The quantitative estimate of drug-likeness (QED) is 0.583. The Morgan fingerprint density at radius 1 is 1.10 bits per heavy atom. The summed E-state index contributed by atoms with van der Waals surface area (Å²) in [5, 5.41) is 0.506. The third-order valence-electron chi connectivity index (χ3n) is 5.60. The molecule has 2 fully saturated rings. The predicted octanol–water partition coefficient (Wildman–Crippen LogP) is 5.03. The molecule has 0 aromatic heterocycles. The van der Waals surface area contributed by atoms with E-state index in [-0.39, 0.29) is 15.7 Å². The van der Waals surface area contributed by atoms with E-state index in [0.29, 0.717) is 5.56 Å². The van der Waals surface area contributed by atoms with E-state index in [2.05, 4.69) is 9.10 Å². The Labute approximate surface area is 183 Å². The van der Waals surface area contributed by atoms with E-state index in [0.717, 1.165) is 17.0 Å². The molecule has 156 valence electrons. The number of carbonyl (C=O) groups excluding carboxylic acids is 2. The number of anilines is 1. The lowest BCUT2D eigenvalue weighted by molar-refractivity contribution is -0.274. The molecule has 0 spiro atoms. The largest absolute Gasteiger partial charge is 0.573 e. The molecule has 0 N–H and O–H groups in total. The highest BCUT2D eigenvalue weighted by molar-refractivity contribution is 7.47. The molecule has 2 aromatic carbocycles. The van der Waals surface area contributed by atoms with Gasteiger partial charge in [0.15, 0.2) is 0 Å². The Bertz CT molecular complexity index is 1080. The molecule has 3 atom stereocenters. The minimum absolute atomic E-state index is 0.225. The number of rotatable bonds is 4. The van der Waals surface area contributed by atoms with Crippen molar-refractivity contribution in [3.63, 3.8) is 0 Å². The van der Waals surface area contributed by atoms with Crippen molar-refractivity contribution in [3.05, 3.63) is 58.1 Å². The van der Waals surface area contributed by atoms with E-state index in [9.17, 15) is 22.8 Å². The van der Waals surface area contributed by atoms with Gasteiger partial charge in [0, 0.05) is 22.5 Å². The van der Waals surface area contributed by atoms with Gasteiger partial charge in [0.1, 0.15) is 11.3 Å². The summed E-state index contributed by atoms with van der Waals surface area (Å²) in [7, 11) is 0.